The number of hydrogen-bond donors (Lipinski definition) is 1. The summed E-state index contributed by atoms with van der Waals surface area (Å²) in [4.78, 5) is 0. The lowest BCUT2D eigenvalue weighted by Crippen LogP contribution is -2.08. The largest absolute Gasteiger partial charge is 0.457 e. The van der Waals surface area contributed by atoms with E-state index in [1.54, 1.807) is 12.1 Å². The number of hydrogen-bond acceptors (Lipinski definition) is 2. The molecule has 0 radical (unpaired) electrons. The molecule has 0 atom stereocenters. The first kappa shape index (κ1) is 15.4. The van der Waals surface area contributed by atoms with Gasteiger partial charge in [-0.3, -0.25) is 0 Å². The van der Waals surface area contributed by atoms with Crippen LogP contribution in [0.25, 0.3) is 0 Å². The summed E-state index contributed by atoms with van der Waals surface area (Å²) in [6.45, 7) is 1.54. The van der Waals surface area contributed by atoms with Crippen molar-refractivity contribution in [3.8, 4) is 11.5 Å². The van der Waals surface area contributed by atoms with Gasteiger partial charge in [0.05, 0.1) is 12.2 Å². The molecule has 2 rings (SSSR count). The number of rotatable bonds is 4. The molecule has 21 heavy (non-hydrogen) atoms. The van der Waals surface area contributed by atoms with Crippen LogP contribution in [0.5, 0.6) is 11.5 Å². The minimum Gasteiger partial charge on any atom is -0.457 e. The Bertz CT molecular complexity index is 604. The van der Waals surface area contributed by atoms with Crippen molar-refractivity contribution in [2.24, 2.45) is 0 Å². The molecule has 112 valence electrons. The fraction of sp³-hybridized carbons (Fsp3) is 0.250. The Kier molecular flexibility index (Phi) is 4.53. The number of benzene rings is 2. The van der Waals surface area contributed by atoms with E-state index < -0.39 is 18.3 Å². The highest BCUT2D eigenvalue weighted by Gasteiger charge is 2.34. The van der Waals surface area contributed by atoms with Gasteiger partial charge in [-0.25, -0.2) is 0 Å². The van der Waals surface area contributed by atoms with E-state index in [2.05, 4.69) is 0 Å². The molecule has 5 heteroatoms. The van der Waals surface area contributed by atoms with Gasteiger partial charge < -0.3 is 9.84 Å². The van der Waals surface area contributed by atoms with Crippen LogP contribution < -0.4 is 4.74 Å². The maximum atomic E-state index is 13.0. The minimum absolute atomic E-state index is 0.191. The Morgan fingerprint density at radius 3 is 2.14 bits per heavy atom. The Labute approximate surface area is 120 Å². The van der Waals surface area contributed by atoms with Crippen molar-refractivity contribution in [2.75, 3.05) is 0 Å². The van der Waals surface area contributed by atoms with Crippen molar-refractivity contribution in [2.45, 2.75) is 26.1 Å². The first-order valence-corrected chi connectivity index (χ1v) is 6.52. The van der Waals surface area contributed by atoms with Crippen LogP contribution in [0.4, 0.5) is 13.2 Å². The molecule has 0 aliphatic heterocycles. The summed E-state index contributed by atoms with van der Waals surface area (Å²) in [6, 6.07) is 10.4. The Hall–Kier alpha value is -2.01. The smallest absolute Gasteiger partial charge is 0.419 e. The van der Waals surface area contributed by atoms with Gasteiger partial charge in [-0.1, -0.05) is 25.1 Å². The Morgan fingerprint density at radius 2 is 1.62 bits per heavy atom. The van der Waals surface area contributed by atoms with Gasteiger partial charge in [0.25, 0.3) is 0 Å². The number of alkyl halides is 3. The van der Waals surface area contributed by atoms with Gasteiger partial charge in [0.2, 0.25) is 0 Å². The fourth-order valence-corrected chi connectivity index (χ4v) is 1.91. The molecule has 0 amide bonds. The Balaban J connectivity index is 2.34. The van der Waals surface area contributed by atoms with Gasteiger partial charge >= 0.3 is 6.18 Å². The molecule has 2 aromatic rings. The molecule has 1 N–H and O–H groups in total. The zero-order chi connectivity index (χ0) is 15.5. The van der Waals surface area contributed by atoms with Gasteiger partial charge in [-0.2, -0.15) is 13.2 Å². The standard InChI is InChI=1S/C16H15F3O2/c1-2-11-3-6-13(7-4-11)21-15-8-5-12(10-20)9-14(15)16(17,18)19/h3-9,20H,2,10H2,1H3. The summed E-state index contributed by atoms with van der Waals surface area (Å²) >= 11 is 0. The van der Waals surface area contributed by atoms with Crippen molar-refractivity contribution in [3.63, 3.8) is 0 Å². The average molecular weight is 296 g/mol. The predicted molar refractivity (Wildman–Crippen MR) is 73.3 cm³/mol. The van der Waals surface area contributed by atoms with Crippen molar-refractivity contribution in [1.29, 1.82) is 0 Å². The Morgan fingerprint density at radius 1 is 1.00 bits per heavy atom. The van der Waals surface area contributed by atoms with Crippen LogP contribution >= 0.6 is 0 Å². The third-order valence-corrected chi connectivity index (χ3v) is 3.09. The van der Waals surface area contributed by atoms with E-state index in [0.29, 0.717) is 5.75 Å². The van der Waals surface area contributed by atoms with Gasteiger partial charge in [-0.05, 0) is 41.8 Å². The molecular weight excluding hydrogens is 281 g/mol. The van der Waals surface area contributed by atoms with Crippen LogP contribution in [0.3, 0.4) is 0 Å². The fourth-order valence-electron chi connectivity index (χ4n) is 1.91. The monoisotopic (exact) mass is 296 g/mol. The topological polar surface area (TPSA) is 29.5 Å². The van der Waals surface area contributed by atoms with Crippen molar-refractivity contribution >= 4 is 0 Å². The minimum atomic E-state index is -4.54. The summed E-state index contributed by atoms with van der Waals surface area (Å²) in [5, 5.41) is 8.96. The first-order chi connectivity index (χ1) is 9.94. The predicted octanol–water partition coefficient (Wildman–Crippen LogP) is 4.55. The van der Waals surface area contributed by atoms with E-state index in [1.165, 1.54) is 12.1 Å². The highest BCUT2D eigenvalue weighted by molar-refractivity contribution is 5.42. The van der Waals surface area contributed by atoms with Gasteiger partial charge in [0.15, 0.2) is 0 Å². The number of halogens is 3. The number of aliphatic hydroxyl groups excluding tert-OH is 1. The third-order valence-electron chi connectivity index (χ3n) is 3.09. The van der Waals surface area contributed by atoms with E-state index in [-0.39, 0.29) is 11.3 Å². The van der Waals surface area contributed by atoms with Crippen molar-refractivity contribution < 1.29 is 23.0 Å². The van der Waals surface area contributed by atoms with Crippen molar-refractivity contribution in [3.05, 3.63) is 59.2 Å². The normalized spacial score (nSPS) is 11.5. The lowest BCUT2D eigenvalue weighted by molar-refractivity contribution is -0.138. The summed E-state index contributed by atoms with van der Waals surface area (Å²) in [5.74, 6) is 0.0680. The van der Waals surface area contributed by atoms with Crippen LogP contribution in [-0.2, 0) is 19.2 Å². The quantitative estimate of drug-likeness (QED) is 0.896. The molecule has 0 saturated carbocycles. The lowest BCUT2D eigenvalue weighted by Gasteiger charge is -2.15. The van der Waals surface area contributed by atoms with E-state index in [0.717, 1.165) is 18.1 Å². The maximum absolute atomic E-state index is 13.0. The lowest BCUT2D eigenvalue weighted by atomic mass is 10.1. The molecule has 0 bridgehead atoms. The van der Waals surface area contributed by atoms with Gasteiger partial charge in [-0.15, -0.1) is 0 Å². The zero-order valence-corrected chi connectivity index (χ0v) is 11.4. The molecule has 0 aromatic heterocycles. The zero-order valence-electron chi connectivity index (χ0n) is 11.4. The van der Waals surface area contributed by atoms with Crippen molar-refractivity contribution in [1.82, 2.24) is 0 Å². The molecule has 2 aromatic carbocycles. The average Bonchev–Trinajstić information content (AvgIpc) is 2.47. The second kappa shape index (κ2) is 6.18. The molecule has 0 heterocycles. The second-order valence-corrected chi connectivity index (χ2v) is 4.59. The summed E-state index contributed by atoms with van der Waals surface area (Å²) in [5.41, 5.74) is 0.374. The van der Waals surface area contributed by atoms with E-state index in [4.69, 9.17) is 9.84 Å². The summed E-state index contributed by atoms with van der Waals surface area (Å²) in [6.07, 6.45) is -3.69. The van der Waals surface area contributed by atoms with Crippen LogP contribution in [0.1, 0.15) is 23.6 Å². The summed E-state index contributed by atoms with van der Waals surface area (Å²) < 4.78 is 44.4. The van der Waals surface area contributed by atoms with E-state index >= 15 is 0 Å². The van der Waals surface area contributed by atoms with Crippen LogP contribution in [0.2, 0.25) is 0 Å². The number of ether oxygens (including phenoxy) is 1. The molecular formula is C16H15F3O2. The molecule has 0 aliphatic carbocycles. The van der Waals surface area contributed by atoms with E-state index in [1.807, 2.05) is 19.1 Å². The van der Waals surface area contributed by atoms with Gasteiger partial charge in [0, 0.05) is 0 Å². The molecule has 0 aliphatic rings. The SMILES string of the molecule is CCc1ccc(Oc2ccc(CO)cc2C(F)(F)F)cc1. The van der Waals surface area contributed by atoms with Crippen LogP contribution in [0, 0.1) is 0 Å². The van der Waals surface area contributed by atoms with Crippen LogP contribution in [0.15, 0.2) is 42.5 Å². The number of aryl methyl sites for hydroxylation is 1. The molecule has 0 spiro atoms. The van der Waals surface area contributed by atoms with E-state index in [9.17, 15) is 13.2 Å². The second-order valence-electron chi connectivity index (χ2n) is 4.59. The maximum Gasteiger partial charge on any atom is 0.419 e. The molecule has 0 unspecified atom stereocenters. The molecule has 2 nitrogen and oxygen atoms in total. The van der Waals surface area contributed by atoms with Gasteiger partial charge in [0.1, 0.15) is 11.5 Å². The summed E-state index contributed by atoms with van der Waals surface area (Å²) in [7, 11) is 0. The first-order valence-electron chi connectivity index (χ1n) is 6.52. The molecule has 0 fully saturated rings. The third kappa shape index (κ3) is 3.76. The highest BCUT2D eigenvalue weighted by atomic mass is 19.4. The highest BCUT2D eigenvalue weighted by Crippen LogP contribution is 2.38. The molecule has 0 saturated heterocycles. The van der Waals surface area contributed by atoms with Crippen LogP contribution in [-0.4, -0.2) is 5.11 Å². The number of aliphatic hydroxyl groups is 1.